The lowest BCUT2D eigenvalue weighted by atomic mass is 10.1. The molecule has 0 bridgehead atoms. The van der Waals surface area contributed by atoms with Gasteiger partial charge in [0, 0.05) is 11.4 Å². The minimum absolute atomic E-state index is 0.0562. The summed E-state index contributed by atoms with van der Waals surface area (Å²) in [6.45, 7) is 1.51. The van der Waals surface area contributed by atoms with Crippen molar-refractivity contribution in [2.45, 2.75) is 42.2 Å². The van der Waals surface area contributed by atoms with Gasteiger partial charge < -0.3 is 25.8 Å². The highest BCUT2D eigenvalue weighted by Crippen LogP contribution is 2.34. The van der Waals surface area contributed by atoms with Crippen LogP contribution in [0.4, 0.5) is 5.95 Å². The van der Waals surface area contributed by atoms with E-state index in [0.29, 0.717) is 21.9 Å². The number of aliphatic hydroxyl groups is 3. The van der Waals surface area contributed by atoms with E-state index in [2.05, 4.69) is 19.9 Å². The number of thioether (sulfide) groups is 1. The Balaban J connectivity index is 1.65. The first-order valence-electron chi connectivity index (χ1n) is 8.65. The van der Waals surface area contributed by atoms with Crippen LogP contribution in [-0.2, 0) is 10.5 Å². The number of aromatic nitrogens is 5. The molecule has 148 valence electrons. The van der Waals surface area contributed by atoms with Crippen molar-refractivity contribution in [3.8, 4) is 0 Å². The van der Waals surface area contributed by atoms with Crippen LogP contribution in [0.25, 0.3) is 11.2 Å². The molecule has 11 heteroatoms. The second kappa shape index (κ2) is 7.60. The fourth-order valence-corrected chi connectivity index (χ4v) is 4.01. The van der Waals surface area contributed by atoms with Crippen LogP contribution in [0.1, 0.15) is 17.6 Å². The molecule has 4 atom stereocenters. The molecule has 1 saturated heterocycles. The Morgan fingerprint density at radius 1 is 1.21 bits per heavy atom. The molecular weight excluding hydrogens is 384 g/mol. The van der Waals surface area contributed by atoms with Gasteiger partial charge in [0.25, 0.3) is 0 Å². The largest absolute Gasteiger partial charge is 0.394 e. The molecule has 3 aromatic rings. The number of pyridine rings is 1. The minimum atomic E-state index is -1.24. The van der Waals surface area contributed by atoms with Crippen LogP contribution < -0.4 is 5.73 Å². The Morgan fingerprint density at radius 2 is 2.04 bits per heavy atom. The average Bonchev–Trinajstić information content (AvgIpc) is 3.21. The van der Waals surface area contributed by atoms with Crippen molar-refractivity contribution in [3.63, 3.8) is 0 Å². The highest BCUT2D eigenvalue weighted by atomic mass is 32.2. The Bertz CT molecular complexity index is 999. The number of hydrogen-bond donors (Lipinski definition) is 4. The summed E-state index contributed by atoms with van der Waals surface area (Å²) in [5.74, 6) is 0.634. The van der Waals surface area contributed by atoms with E-state index in [4.69, 9.17) is 10.5 Å². The minimum Gasteiger partial charge on any atom is -0.394 e. The van der Waals surface area contributed by atoms with Crippen molar-refractivity contribution >= 4 is 28.9 Å². The number of anilines is 1. The van der Waals surface area contributed by atoms with Gasteiger partial charge in [-0.2, -0.15) is 4.98 Å². The van der Waals surface area contributed by atoms with Gasteiger partial charge in [-0.15, -0.1) is 0 Å². The maximum absolute atomic E-state index is 10.3. The van der Waals surface area contributed by atoms with Gasteiger partial charge in [-0.25, -0.2) is 9.97 Å². The molecule has 1 aliphatic heterocycles. The average molecular weight is 404 g/mol. The summed E-state index contributed by atoms with van der Waals surface area (Å²) in [6, 6.07) is 5.80. The smallest absolute Gasteiger partial charge is 0.223 e. The molecule has 0 aromatic carbocycles. The van der Waals surface area contributed by atoms with Gasteiger partial charge >= 0.3 is 0 Å². The number of hydrogen-bond acceptors (Lipinski definition) is 10. The molecule has 28 heavy (non-hydrogen) atoms. The second-order valence-electron chi connectivity index (χ2n) is 6.50. The highest BCUT2D eigenvalue weighted by Gasteiger charge is 2.44. The Kier molecular flexibility index (Phi) is 5.17. The molecule has 0 saturated carbocycles. The standard InChI is InChI=1S/C17H20N6O4S/c1-8-3-2-4-9(20-8)6-28-15-11-14(21-17(18)22-15)23(7-19-11)16-13(26)12(25)10(5-24)27-16/h2-4,7,10,12-13,16,24-26H,5-6H2,1H3,(H2,18,21,22)/t10-,12-,13-,16-/m1/s1. The highest BCUT2D eigenvalue weighted by molar-refractivity contribution is 7.98. The Hall–Kier alpha value is -2.31. The summed E-state index contributed by atoms with van der Waals surface area (Å²) in [7, 11) is 0. The van der Waals surface area contributed by atoms with Gasteiger partial charge in [0.2, 0.25) is 5.95 Å². The third-order valence-corrected chi connectivity index (χ3v) is 5.50. The second-order valence-corrected chi connectivity index (χ2v) is 7.46. The van der Waals surface area contributed by atoms with Crippen molar-refractivity contribution in [1.29, 1.82) is 0 Å². The zero-order chi connectivity index (χ0) is 19.8. The van der Waals surface area contributed by atoms with Gasteiger partial charge in [0.1, 0.15) is 28.9 Å². The van der Waals surface area contributed by atoms with Crippen molar-refractivity contribution in [3.05, 3.63) is 35.9 Å². The van der Waals surface area contributed by atoms with Crippen LogP contribution in [0.5, 0.6) is 0 Å². The molecule has 4 rings (SSSR count). The van der Waals surface area contributed by atoms with Crippen LogP contribution in [0.3, 0.4) is 0 Å². The van der Waals surface area contributed by atoms with E-state index in [1.807, 2.05) is 25.1 Å². The number of aliphatic hydroxyl groups excluding tert-OH is 3. The van der Waals surface area contributed by atoms with E-state index in [0.717, 1.165) is 11.4 Å². The fourth-order valence-electron chi connectivity index (χ4n) is 3.13. The summed E-state index contributed by atoms with van der Waals surface area (Å²) in [5.41, 5.74) is 8.59. The molecule has 4 heterocycles. The number of aryl methyl sites for hydroxylation is 1. The summed E-state index contributed by atoms with van der Waals surface area (Å²) in [6.07, 6.45) is -2.83. The number of imidazole rings is 1. The van der Waals surface area contributed by atoms with Crippen LogP contribution >= 0.6 is 11.8 Å². The zero-order valence-corrected chi connectivity index (χ0v) is 15.8. The third-order valence-electron chi connectivity index (χ3n) is 4.50. The number of ether oxygens (including phenoxy) is 1. The lowest BCUT2D eigenvalue weighted by molar-refractivity contribution is -0.0511. The van der Waals surface area contributed by atoms with E-state index in [-0.39, 0.29) is 5.95 Å². The van der Waals surface area contributed by atoms with Crippen molar-refractivity contribution < 1.29 is 20.1 Å². The maximum Gasteiger partial charge on any atom is 0.223 e. The predicted octanol–water partition coefficient (Wildman–Crippen LogP) is 0.0157. The first kappa shape index (κ1) is 19.0. The number of nitrogens with two attached hydrogens (primary N) is 1. The molecule has 10 nitrogen and oxygen atoms in total. The number of rotatable bonds is 5. The zero-order valence-electron chi connectivity index (χ0n) is 15.0. The van der Waals surface area contributed by atoms with Crippen LogP contribution in [0.15, 0.2) is 29.6 Å². The van der Waals surface area contributed by atoms with E-state index >= 15 is 0 Å². The van der Waals surface area contributed by atoms with E-state index in [9.17, 15) is 15.3 Å². The molecule has 3 aromatic heterocycles. The van der Waals surface area contributed by atoms with Gasteiger partial charge in [0.05, 0.1) is 18.6 Å². The molecule has 0 amide bonds. The quantitative estimate of drug-likeness (QED) is 0.338. The normalized spacial score (nSPS) is 24.9. The van der Waals surface area contributed by atoms with Crippen LogP contribution in [0, 0.1) is 6.92 Å². The monoisotopic (exact) mass is 404 g/mol. The molecule has 5 N–H and O–H groups in total. The number of nitrogen functional groups attached to an aromatic ring is 1. The van der Waals surface area contributed by atoms with Crippen LogP contribution in [-0.4, -0.2) is 64.7 Å². The molecule has 0 spiro atoms. The number of nitrogens with zero attached hydrogens (tertiary/aromatic N) is 5. The molecule has 1 fully saturated rings. The molecule has 0 unspecified atom stereocenters. The van der Waals surface area contributed by atoms with Crippen LogP contribution in [0.2, 0.25) is 0 Å². The number of fused-ring (bicyclic) bond motifs is 1. The van der Waals surface area contributed by atoms with E-state index < -0.39 is 31.1 Å². The molecule has 1 aliphatic rings. The summed E-state index contributed by atoms with van der Waals surface area (Å²) < 4.78 is 7.06. The van der Waals surface area contributed by atoms with Gasteiger partial charge in [-0.3, -0.25) is 9.55 Å². The van der Waals surface area contributed by atoms with E-state index in [1.54, 1.807) is 0 Å². The fraction of sp³-hybridized carbons (Fsp3) is 0.412. The predicted molar refractivity (Wildman–Crippen MR) is 101 cm³/mol. The SMILES string of the molecule is Cc1cccc(CSc2nc(N)nc3c2ncn3[C@@H]2O[C@H](CO)[C@@H](O)[C@H]2O)n1. The first-order chi connectivity index (χ1) is 13.5. The van der Waals surface area contributed by atoms with Crippen molar-refractivity contribution in [2.24, 2.45) is 0 Å². The Morgan fingerprint density at radius 3 is 2.75 bits per heavy atom. The van der Waals surface area contributed by atoms with Gasteiger partial charge in [-0.1, -0.05) is 17.8 Å². The Labute approximate surface area is 164 Å². The summed E-state index contributed by atoms with van der Waals surface area (Å²) in [4.78, 5) is 17.3. The maximum atomic E-state index is 10.3. The summed E-state index contributed by atoms with van der Waals surface area (Å²) in [5, 5.41) is 30.2. The molecule has 0 aliphatic carbocycles. The lowest BCUT2D eigenvalue weighted by Gasteiger charge is -2.16. The van der Waals surface area contributed by atoms with Crippen molar-refractivity contribution in [2.75, 3.05) is 12.3 Å². The topological polar surface area (TPSA) is 152 Å². The third kappa shape index (κ3) is 3.42. The van der Waals surface area contributed by atoms with Gasteiger partial charge in [-0.05, 0) is 19.1 Å². The van der Waals surface area contributed by atoms with Gasteiger partial charge in [0.15, 0.2) is 11.9 Å². The lowest BCUT2D eigenvalue weighted by Crippen LogP contribution is -2.33. The molecular formula is C17H20N6O4S. The molecule has 0 radical (unpaired) electrons. The first-order valence-corrected chi connectivity index (χ1v) is 9.64. The summed E-state index contributed by atoms with van der Waals surface area (Å²) >= 11 is 1.43. The van der Waals surface area contributed by atoms with E-state index in [1.165, 1.54) is 22.7 Å². The van der Waals surface area contributed by atoms with Crippen molar-refractivity contribution in [1.82, 2.24) is 24.5 Å².